The summed E-state index contributed by atoms with van der Waals surface area (Å²) in [6.45, 7) is 2.85. The average Bonchev–Trinajstić information content (AvgIpc) is 3.36. The van der Waals surface area contributed by atoms with Gasteiger partial charge in [-0.25, -0.2) is 4.39 Å². The van der Waals surface area contributed by atoms with Crippen LogP contribution in [0.2, 0.25) is 0 Å². The average molecular weight is 393 g/mol. The van der Waals surface area contributed by atoms with E-state index in [1.165, 1.54) is 12.3 Å². The summed E-state index contributed by atoms with van der Waals surface area (Å²) in [4.78, 5) is 29.4. The number of hydrogen-bond donors (Lipinski definition) is 3. The van der Waals surface area contributed by atoms with E-state index in [-0.39, 0.29) is 29.8 Å². The number of benzene rings is 1. The van der Waals surface area contributed by atoms with Crippen molar-refractivity contribution in [3.05, 3.63) is 52.6 Å². The van der Waals surface area contributed by atoms with Crippen LogP contribution in [0, 0.1) is 5.82 Å². The first-order valence-corrected chi connectivity index (χ1v) is 8.93. The van der Waals surface area contributed by atoms with E-state index in [2.05, 4.69) is 15.6 Å². The first kappa shape index (κ1) is 19.4. The molecule has 4 rings (SSSR count). The van der Waals surface area contributed by atoms with Gasteiger partial charge in [-0.15, -0.1) is 12.4 Å². The fraction of sp³-hybridized carbons (Fsp3) is 0.368. The lowest BCUT2D eigenvalue weighted by molar-refractivity contribution is 0.0787. The number of hydrogen-bond acceptors (Lipinski definition) is 3. The van der Waals surface area contributed by atoms with Crippen molar-refractivity contribution >= 4 is 29.9 Å². The van der Waals surface area contributed by atoms with Crippen LogP contribution in [0.25, 0.3) is 0 Å². The fourth-order valence-electron chi connectivity index (χ4n) is 3.56. The minimum absolute atomic E-state index is 0. The number of aromatic nitrogens is 1. The van der Waals surface area contributed by atoms with Gasteiger partial charge in [-0.05, 0) is 49.1 Å². The predicted octanol–water partition coefficient (Wildman–Crippen LogP) is 2.71. The van der Waals surface area contributed by atoms with Crippen molar-refractivity contribution in [2.45, 2.75) is 25.8 Å². The van der Waals surface area contributed by atoms with Crippen LogP contribution in [0.5, 0.6) is 0 Å². The molecule has 2 aromatic rings. The van der Waals surface area contributed by atoms with E-state index in [1.807, 2.05) is 6.07 Å². The Hall–Kier alpha value is -2.38. The van der Waals surface area contributed by atoms with Gasteiger partial charge in [-0.2, -0.15) is 0 Å². The molecule has 1 saturated heterocycles. The van der Waals surface area contributed by atoms with Crippen LogP contribution < -0.4 is 10.6 Å². The number of anilines is 1. The minimum Gasteiger partial charge on any atom is -0.356 e. The highest BCUT2D eigenvalue weighted by Gasteiger charge is 2.22. The van der Waals surface area contributed by atoms with Gasteiger partial charge in [0, 0.05) is 25.8 Å². The lowest BCUT2D eigenvalue weighted by Gasteiger charge is -2.19. The molecule has 3 heterocycles. The van der Waals surface area contributed by atoms with Gasteiger partial charge >= 0.3 is 0 Å². The molecule has 1 aromatic carbocycles. The van der Waals surface area contributed by atoms with Gasteiger partial charge in [0.1, 0.15) is 11.5 Å². The van der Waals surface area contributed by atoms with E-state index in [1.54, 1.807) is 11.0 Å². The van der Waals surface area contributed by atoms with Gasteiger partial charge in [-0.1, -0.05) is 6.07 Å². The molecule has 1 aromatic heterocycles. The van der Waals surface area contributed by atoms with Gasteiger partial charge in [0.15, 0.2) is 0 Å². The molecular weight excluding hydrogens is 371 g/mol. The molecule has 2 aliphatic rings. The summed E-state index contributed by atoms with van der Waals surface area (Å²) >= 11 is 0. The molecule has 2 amide bonds. The third kappa shape index (κ3) is 3.84. The van der Waals surface area contributed by atoms with Crippen molar-refractivity contribution in [3.8, 4) is 0 Å². The Morgan fingerprint density at radius 3 is 2.74 bits per heavy atom. The molecule has 1 fully saturated rings. The molecule has 8 heteroatoms. The van der Waals surface area contributed by atoms with Gasteiger partial charge in [0.05, 0.1) is 11.3 Å². The van der Waals surface area contributed by atoms with E-state index >= 15 is 0 Å². The van der Waals surface area contributed by atoms with Crippen molar-refractivity contribution in [3.63, 3.8) is 0 Å². The Morgan fingerprint density at radius 1 is 1.19 bits per heavy atom. The SMILES string of the molecule is Cl.O=C(Nc1ccc2c(c1F)CCNC2)c1c[nH]c(C(=O)N2CCCC2)c1. The first-order valence-electron chi connectivity index (χ1n) is 8.93. The Morgan fingerprint density at radius 2 is 1.96 bits per heavy atom. The summed E-state index contributed by atoms with van der Waals surface area (Å²) in [7, 11) is 0. The Balaban J connectivity index is 0.00000210. The largest absolute Gasteiger partial charge is 0.356 e. The molecule has 0 aliphatic carbocycles. The maximum absolute atomic E-state index is 14.7. The predicted molar refractivity (Wildman–Crippen MR) is 103 cm³/mol. The number of nitrogens with one attached hydrogen (secondary N) is 3. The molecule has 0 unspecified atom stereocenters. The minimum atomic E-state index is -0.436. The highest BCUT2D eigenvalue weighted by Crippen LogP contribution is 2.25. The normalized spacial score (nSPS) is 15.8. The van der Waals surface area contributed by atoms with E-state index in [0.29, 0.717) is 29.8 Å². The molecule has 0 atom stereocenters. The number of amides is 2. The first-order chi connectivity index (χ1) is 12.6. The topological polar surface area (TPSA) is 77.2 Å². The van der Waals surface area contributed by atoms with Gasteiger partial charge in [0.2, 0.25) is 0 Å². The molecular formula is C19H22ClFN4O2. The van der Waals surface area contributed by atoms with Crippen molar-refractivity contribution in [1.82, 2.24) is 15.2 Å². The zero-order valence-electron chi connectivity index (χ0n) is 14.8. The number of fused-ring (bicyclic) bond motifs is 1. The van der Waals surface area contributed by atoms with Crippen LogP contribution in [-0.4, -0.2) is 41.3 Å². The fourth-order valence-corrected chi connectivity index (χ4v) is 3.56. The van der Waals surface area contributed by atoms with Gasteiger partial charge in [0.25, 0.3) is 11.8 Å². The highest BCUT2D eigenvalue weighted by molar-refractivity contribution is 6.06. The van der Waals surface area contributed by atoms with Crippen LogP contribution in [0.3, 0.4) is 0 Å². The van der Waals surface area contributed by atoms with Gasteiger partial charge in [-0.3, -0.25) is 9.59 Å². The quantitative estimate of drug-likeness (QED) is 0.751. The smallest absolute Gasteiger partial charge is 0.270 e. The second-order valence-electron chi connectivity index (χ2n) is 6.75. The van der Waals surface area contributed by atoms with Crippen molar-refractivity contribution < 1.29 is 14.0 Å². The molecule has 27 heavy (non-hydrogen) atoms. The maximum atomic E-state index is 14.7. The number of halogens is 2. The summed E-state index contributed by atoms with van der Waals surface area (Å²) in [6.07, 6.45) is 4.10. The summed E-state index contributed by atoms with van der Waals surface area (Å²) in [5, 5.41) is 5.82. The van der Waals surface area contributed by atoms with Crippen LogP contribution in [0.15, 0.2) is 24.4 Å². The summed E-state index contributed by atoms with van der Waals surface area (Å²) in [5.41, 5.74) is 2.44. The van der Waals surface area contributed by atoms with Crippen LogP contribution in [0.4, 0.5) is 10.1 Å². The van der Waals surface area contributed by atoms with Crippen molar-refractivity contribution in [2.24, 2.45) is 0 Å². The second kappa shape index (κ2) is 8.10. The second-order valence-corrected chi connectivity index (χ2v) is 6.75. The van der Waals surface area contributed by atoms with Crippen molar-refractivity contribution in [2.75, 3.05) is 25.0 Å². The zero-order chi connectivity index (χ0) is 18.1. The third-order valence-corrected chi connectivity index (χ3v) is 5.02. The Bertz CT molecular complexity index is 861. The number of rotatable bonds is 3. The molecule has 144 valence electrons. The number of aromatic amines is 1. The highest BCUT2D eigenvalue weighted by atomic mass is 35.5. The van der Waals surface area contributed by atoms with Crippen molar-refractivity contribution in [1.29, 1.82) is 0 Å². The summed E-state index contributed by atoms with van der Waals surface area (Å²) in [5.74, 6) is -0.912. The summed E-state index contributed by atoms with van der Waals surface area (Å²) < 4.78 is 14.7. The zero-order valence-corrected chi connectivity index (χ0v) is 15.6. The third-order valence-electron chi connectivity index (χ3n) is 5.02. The Labute approximate surface area is 162 Å². The Kier molecular flexibility index (Phi) is 5.82. The van der Waals surface area contributed by atoms with Crippen LogP contribution in [0.1, 0.15) is 44.8 Å². The van der Waals surface area contributed by atoms with E-state index < -0.39 is 5.91 Å². The number of likely N-dealkylation sites (tertiary alicyclic amines) is 1. The molecule has 2 aliphatic heterocycles. The maximum Gasteiger partial charge on any atom is 0.270 e. The van der Waals surface area contributed by atoms with Gasteiger partial charge < -0.3 is 20.5 Å². The molecule has 0 saturated carbocycles. The molecule has 0 spiro atoms. The molecule has 6 nitrogen and oxygen atoms in total. The van der Waals surface area contributed by atoms with E-state index in [9.17, 15) is 14.0 Å². The molecule has 0 bridgehead atoms. The standard InChI is InChI=1S/C19H21FN4O2.ClH/c20-17-14-5-6-21-10-12(14)3-4-15(17)23-18(25)13-9-16(22-11-13)19(26)24-7-1-2-8-24;/h3-4,9,11,21-22H,1-2,5-8,10H2,(H,23,25);1H. The monoisotopic (exact) mass is 392 g/mol. The number of H-pyrrole nitrogens is 1. The lowest BCUT2D eigenvalue weighted by atomic mass is 9.99. The van der Waals surface area contributed by atoms with Crippen LogP contribution in [-0.2, 0) is 13.0 Å². The number of carbonyl (C=O) groups excluding carboxylic acids is 2. The molecule has 0 radical (unpaired) electrons. The number of carbonyl (C=O) groups is 2. The molecule has 3 N–H and O–H groups in total. The van der Waals surface area contributed by atoms with Crippen LogP contribution >= 0.6 is 12.4 Å². The summed E-state index contributed by atoms with van der Waals surface area (Å²) in [6, 6.07) is 4.94. The lowest BCUT2D eigenvalue weighted by Crippen LogP contribution is -2.27. The number of nitrogens with zero attached hydrogens (tertiary/aromatic N) is 1. The van der Waals surface area contributed by atoms with E-state index in [0.717, 1.165) is 38.0 Å². The van der Waals surface area contributed by atoms with E-state index in [4.69, 9.17) is 0 Å².